The average Bonchev–Trinajstić information content (AvgIpc) is 3.31. The summed E-state index contributed by atoms with van der Waals surface area (Å²) in [5.41, 5.74) is 1.49. The highest BCUT2D eigenvalue weighted by molar-refractivity contribution is 6.05. The third-order valence-electron chi connectivity index (χ3n) is 4.77. The number of aromatic nitrogens is 3. The van der Waals surface area contributed by atoms with Gasteiger partial charge in [0.2, 0.25) is 11.8 Å². The van der Waals surface area contributed by atoms with Gasteiger partial charge in [0.05, 0.1) is 23.4 Å². The smallest absolute Gasteiger partial charge is 0.229 e. The van der Waals surface area contributed by atoms with Crippen LogP contribution < -0.4 is 10.2 Å². The van der Waals surface area contributed by atoms with Gasteiger partial charge in [-0.15, -0.1) is 0 Å². The van der Waals surface area contributed by atoms with Crippen molar-refractivity contribution in [2.75, 3.05) is 11.4 Å². The average molecular weight is 355 g/mol. The molecule has 2 aromatic heterocycles. The number of aryl methyl sites for hydroxylation is 1. The number of fused-ring (bicyclic) bond motifs is 1. The van der Waals surface area contributed by atoms with E-state index >= 15 is 0 Å². The van der Waals surface area contributed by atoms with E-state index in [4.69, 9.17) is 0 Å². The van der Waals surface area contributed by atoms with E-state index in [0.717, 1.165) is 5.69 Å². The fraction of sp³-hybridized carbons (Fsp3) is 0.278. The molecule has 1 aromatic carbocycles. The molecule has 7 nitrogen and oxygen atoms in total. The van der Waals surface area contributed by atoms with Gasteiger partial charge in [-0.25, -0.2) is 4.39 Å². The summed E-state index contributed by atoms with van der Waals surface area (Å²) in [5.74, 6) is -1.12. The van der Waals surface area contributed by atoms with Crippen molar-refractivity contribution >= 4 is 28.5 Å². The molecule has 26 heavy (non-hydrogen) atoms. The Morgan fingerprint density at radius 1 is 1.38 bits per heavy atom. The lowest BCUT2D eigenvalue weighted by molar-refractivity contribution is -0.126. The predicted octanol–water partition coefficient (Wildman–Crippen LogP) is 1.71. The van der Waals surface area contributed by atoms with Gasteiger partial charge in [0, 0.05) is 31.9 Å². The molecule has 1 aliphatic rings. The number of carbonyl (C=O) groups is 2. The minimum atomic E-state index is -0.485. The van der Waals surface area contributed by atoms with E-state index < -0.39 is 11.7 Å². The molecule has 0 unspecified atom stereocenters. The molecule has 3 aromatic rings. The number of H-pyrrole nitrogens is 1. The number of anilines is 1. The number of amides is 2. The molecule has 1 saturated heterocycles. The number of benzene rings is 1. The van der Waals surface area contributed by atoms with E-state index in [-0.39, 0.29) is 36.0 Å². The zero-order valence-corrected chi connectivity index (χ0v) is 14.2. The van der Waals surface area contributed by atoms with Gasteiger partial charge in [-0.1, -0.05) is 6.07 Å². The third-order valence-corrected chi connectivity index (χ3v) is 4.77. The van der Waals surface area contributed by atoms with Crippen molar-refractivity contribution in [3.05, 3.63) is 48.0 Å². The number of rotatable bonds is 4. The first-order chi connectivity index (χ1) is 12.5. The molecule has 0 radical (unpaired) electrons. The Kier molecular flexibility index (Phi) is 3.95. The van der Waals surface area contributed by atoms with Crippen LogP contribution in [-0.2, 0) is 23.2 Å². The third kappa shape index (κ3) is 2.73. The number of nitrogens with one attached hydrogen (secondary N) is 2. The molecule has 0 aliphatic carbocycles. The van der Waals surface area contributed by atoms with Crippen molar-refractivity contribution in [2.24, 2.45) is 13.0 Å². The Morgan fingerprint density at radius 2 is 2.23 bits per heavy atom. The van der Waals surface area contributed by atoms with E-state index in [9.17, 15) is 14.0 Å². The molecule has 2 N–H and O–H groups in total. The molecule has 1 aliphatic heterocycles. The number of nitrogens with zero attached hydrogens (tertiary/aromatic N) is 3. The van der Waals surface area contributed by atoms with Crippen LogP contribution >= 0.6 is 0 Å². The minimum absolute atomic E-state index is 0.0851. The van der Waals surface area contributed by atoms with Gasteiger partial charge in [0.15, 0.2) is 5.82 Å². The number of halogens is 1. The van der Waals surface area contributed by atoms with Gasteiger partial charge < -0.3 is 9.88 Å². The van der Waals surface area contributed by atoms with Gasteiger partial charge in [-0.05, 0) is 24.3 Å². The van der Waals surface area contributed by atoms with Crippen LogP contribution in [0.15, 0.2) is 36.5 Å². The summed E-state index contributed by atoms with van der Waals surface area (Å²) >= 11 is 0. The van der Waals surface area contributed by atoms with Crippen LogP contribution in [0.1, 0.15) is 12.1 Å². The summed E-state index contributed by atoms with van der Waals surface area (Å²) in [6.45, 7) is 0.582. The normalized spacial score (nSPS) is 17.2. The maximum absolute atomic E-state index is 14.2. The largest absolute Gasteiger partial charge is 0.353 e. The van der Waals surface area contributed by atoms with Gasteiger partial charge in [0.25, 0.3) is 0 Å². The number of aromatic amines is 1. The van der Waals surface area contributed by atoms with Crippen LogP contribution in [0.2, 0.25) is 0 Å². The van der Waals surface area contributed by atoms with Crippen LogP contribution in [-0.4, -0.2) is 33.1 Å². The standard InChI is InChI=1S/C18H18FN5O2/c1-23-7-3-4-12(23)9-20-18(26)11-8-15(25)24(10-11)17-16-13(19)5-2-6-14(16)21-22-17/h2-7,11H,8-10H2,1H3,(H,20,26)(H,21,22)/t11-/m0/s1. The van der Waals surface area contributed by atoms with Crippen molar-refractivity contribution < 1.29 is 14.0 Å². The molecule has 1 fully saturated rings. The van der Waals surface area contributed by atoms with Gasteiger partial charge in [0.1, 0.15) is 5.82 Å². The second kappa shape index (κ2) is 6.29. The zero-order valence-electron chi connectivity index (χ0n) is 14.2. The summed E-state index contributed by atoms with van der Waals surface area (Å²) in [6, 6.07) is 8.42. The fourth-order valence-corrected chi connectivity index (χ4v) is 3.30. The van der Waals surface area contributed by atoms with Crippen molar-refractivity contribution in [2.45, 2.75) is 13.0 Å². The molecule has 134 valence electrons. The van der Waals surface area contributed by atoms with E-state index in [1.807, 2.05) is 29.9 Å². The van der Waals surface area contributed by atoms with E-state index in [0.29, 0.717) is 12.1 Å². The van der Waals surface area contributed by atoms with Gasteiger partial charge in [-0.3, -0.25) is 19.6 Å². The number of hydrogen-bond donors (Lipinski definition) is 2. The van der Waals surface area contributed by atoms with Crippen LogP contribution in [0.4, 0.5) is 10.2 Å². The zero-order chi connectivity index (χ0) is 18.3. The van der Waals surface area contributed by atoms with E-state index in [2.05, 4.69) is 15.5 Å². The molecule has 2 amide bonds. The Balaban J connectivity index is 1.49. The molecule has 8 heteroatoms. The predicted molar refractivity (Wildman–Crippen MR) is 93.8 cm³/mol. The monoisotopic (exact) mass is 355 g/mol. The first kappa shape index (κ1) is 16.3. The highest BCUT2D eigenvalue weighted by atomic mass is 19.1. The summed E-state index contributed by atoms with van der Waals surface area (Å²) in [5, 5.41) is 9.95. The van der Waals surface area contributed by atoms with Gasteiger partial charge >= 0.3 is 0 Å². The molecule has 4 rings (SSSR count). The lowest BCUT2D eigenvalue weighted by Gasteiger charge is -2.14. The highest BCUT2D eigenvalue weighted by Crippen LogP contribution is 2.31. The minimum Gasteiger partial charge on any atom is -0.353 e. The Hall–Kier alpha value is -3.16. The van der Waals surface area contributed by atoms with Crippen LogP contribution in [0.5, 0.6) is 0 Å². The molecule has 3 heterocycles. The lowest BCUT2D eigenvalue weighted by Crippen LogP contribution is -2.33. The highest BCUT2D eigenvalue weighted by Gasteiger charge is 2.37. The second-order valence-corrected chi connectivity index (χ2v) is 6.44. The van der Waals surface area contributed by atoms with Gasteiger partial charge in [-0.2, -0.15) is 5.10 Å². The van der Waals surface area contributed by atoms with Crippen LogP contribution in [0.25, 0.3) is 10.9 Å². The fourth-order valence-electron chi connectivity index (χ4n) is 3.30. The first-order valence-electron chi connectivity index (χ1n) is 8.35. The number of carbonyl (C=O) groups excluding carboxylic acids is 2. The summed E-state index contributed by atoms with van der Waals surface area (Å²) in [7, 11) is 1.90. The van der Waals surface area contributed by atoms with E-state index in [1.54, 1.807) is 12.1 Å². The second-order valence-electron chi connectivity index (χ2n) is 6.44. The number of hydrogen-bond acceptors (Lipinski definition) is 3. The van der Waals surface area contributed by atoms with Crippen molar-refractivity contribution in [3.63, 3.8) is 0 Å². The van der Waals surface area contributed by atoms with E-state index in [1.165, 1.54) is 11.0 Å². The first-order valence-corrected chi connectivity index (χ1v) is 8.35. The topological polar surface area (TPSA) is 83.0 Å². The summed E-state index contributed by atoms with van der Waals surface area (Å²) in [4.78, 5) is 26.2. The molecular weight excluding hydrogens is 337 g/mol. The van der Waals surface area contributed by atoms with Crippen molar-refractivity contribution in [3.8, 4) is 0 Å². The molecular formula is C18H18FN5O2. The quantitative estimate of drug-likeness (QED) is 0.747. The molecule has 0 bridgehead atoms. The van der Waals surface area contributed by atoms with Crippen LogP contribution in [0.3, 0.4) is 0 Å². The Labute approximate surface area is 148 Å². The Bertz CT molecular complexity index is 993. The summed E-state index contributed by atoms with van der Waals surface area (Å²) < 4.78 is 16.1. The van der Waals surface area contributed by atoms with Crippen LogP contribution in [0, 0.1) is 11.7 Å². The van der Waals surface area contributed by atoms with Crippen molar-refractivity contribution in [1.29, 1.82) is 0 Å². The SMILES string of the molecule is Cn1cccc1CNC(=O)[C@H]1CC(=O)N(c2n[nH]c3cccc(F)c23)C1. The maximum atomic E-state index is 14.2. The van der Waals surface area contributed by atoms with Crippen molar-refractivity contribution in [1.82, 2.24) is 20.1 Å². The molecule has 0 spiro atoms. The maximum Gasteiger partial charge on any atom is 0.229 e. The molecule has 1 atom stereocenters. The lowest BCUT2D eigenvalue weighted by atomic mass is 10.1. The molecule has 0 saturated carbocycles. The Morgan fingerprint density at radius 3 is 3.00 bits per heavy atom. The summed E-state index contributed by atoms with van der Waals surface area (Å²) in [6.07, 6.45) is 1.99.